The van der Waals surface area contributed by atoms with E-state index in [0.29, 0.717) is 12.8 Å². The number of carboxylic acids is 1. The Balaban J connectivity index is 2.60. The average Bonchev–Trinajstić information content (AvgIpc) is 2.17. The summed E-state index contributed by atoms with van der Waals surface area (Å²) in [5.74, 6) is -1.54. The van der Waals surface area contributed by atoms with Crippen LogP contribution in [0.25, 0.3) is 0 Å². The van der Waals surface area contributed by atoms with Crippen molar-refractivity contribution in [2.45, 2.75) is 38.2 Å². The van der Waals surface area contributed by atoms with E-state index in [2.05, 4.69) is 0 Å². The number of aliphatic hydroxyl groups is 1. The zero-order valence-electron chi connectivity index (χ0n) is 9.35. The third-order valence-corrected chi connectivity index (χ3v) is 5.05. The Labute approximate surface area is 95.4 Å². The maximum atomic E-state index is 11.4. The molecule has 2 N–H and O–H groups in total. The van der Waals surface area contributed by atoms with E-state index in [1.165, 1.54) is 0 Å². The van der Waals surface area contributed by atoms with Gasteiger partial charge in [0.1, 0.15) is 0 Å². The van der Waals surface area contributed by atoms with Gasteiger partial charge in [-0.2, -0.15) is 0 Å². The second kappa shape index (κ2) is 4.71. The Morgan fingerprint density at radius 3 is 2.25 bits per heavy atom. The summed E-state index contributed by atoms with van der Waals surface area (Å²) in [6.07, 6.45) is 1.21. The van der Waals surface area contributed by atoms with Gasteiger partial charge in [-0.05, 0) is 25.7 Å². The van der Waals surface area contributed by atoms with Crippen LogP contribution in [0.3, 0.4) is 0 Å². The molecule has 1 saturated carbocycles. The molecule has 1 aliphatic carbocycles. The van der Waals surface area contributed by atoms with Crippen molar-refractivity contribution >= 4 is 15.8 Å². The predicted octanol–water partition coefficient (Wildman–Crippen LogP) is 0.427. The summed E-state index contributed by atoms with van der Waals surface area (Å²) in [4.78, 5) is 10.7. The number of rotatable bonds is 4. The Morgan fingerprint density at radius 2 is 1.88 bits per heavy atom. The third-order valence-electron chi connectivity index (χ3n) is 3.19. The monoisotopic (exact) mass is 250 g/mol. The fraction of sp³-hybridized carbons (Fsp3) is 0.900. The minimum atomic E-state index is -3.21. The minimum absolute atomic E-state index is 0.0116. The Kier molecular flexibility index (Phi) is 3.96. The molecule has 0 saturated heterocycles. The number of sulfone groups is 1. The van der Waals surface area contributed by atoms with Crippen molar-refractivity contribution in [1.82, 2.24) is 0 Å². The van der Waals surface area contributed by atoms with Crippen molar-refractivity contribution in [2.24, 2.45) is 5.92 Å². The van der Waals surface area contributed by atoms with Crippen LogP contribution in [0.5, 0.6) is 0 Å². The van der Waals surface area contributed by atoms with Crippen LogP contribution in [0, 0.1) is 5.92 Å². The molecule has 1 fully saturated rings. The molecular formula is C10H18O5S. The first kappa shape index (κ1) is 13.4. The van der Waals surface area contributed by atoms with Crippen molar-refractivity contribution in [2.75, 3.05) is 11.5 Å². The number of carboxylic acid groups (broad SMARTS) is 1. The van der Waals surface area contributed by atoms with Crippen LogP contribution in [-0.4, -0.2) is 41.7 Å². The smallest absolute Gasteiger partial charge is 0.306 e. The second-order valence-corrected chi connectivity index (χ2v) is 6.87. The third kappa shape index (κ3) is 3.45. The topological polar surface area (TPSA) is 91.7 Å². The van der Waals surface area contributed by atoms with Crippen LogP contribution in [0.2, 0.25) is 0 Å². The molecule has 0 aromatic heterocycles. The first-order valence-corrected chi connectivity index (χ1v) is 7.26. The van der Waals surface area contributed by atoms with Crippen molar-refractivity contribution in [3.63, 3.8) is 0 Å². The first-order valence-electron chi connectivity index (χ1n) is 5.43. The van der Waals surface area contributed by atoms with E-state index in [1.807, 2.05) is 0 Å². The van der Waals surface area contributed by atoms with Gasteiger partial charge in [-0.3, -0.25) is 4.79 Å². The maximum absolute atomic E-state index is 11.4. The van der Waals surface area contributed by atoms with Crippen LogP contribution in [0.4, 0.5) is 0 Å². The summed E-state index contributed by atoms with van der Waals surface area (Å²) < 4.78 is 22.8. The molecule has 1 aliphatic rings. The van der Waals surface area contributed by atoms with Gasteiger partial charge < -0.3 is 10.2 Å². The molecule has 0 spiro atoms. The van der Waals surface area contributed by atoms with Crippen LogP contribution >= 0.6 is 0 Å². The standard InChI is InChI=1S/C10H18O5S/c1-2-16(14,15)7-10(13)5-3-8(4-6-10)9(11)12/h8,13H,2-7H2,1H3,(H,11,12). The summed E-state index contributed by atoms with van der Waals surface area (Å²) in [5.41, 5.74) is -1.22. The van der Waals surface area contributed by atoms with Crippen molar-refractivity contribution in [3.05, 3.63) is 0 Å². The van der Waals surface area contributed by atoms with Crippen LogP contribution in [0.1, 0.15) is 32.6 Å². The van der Waals surface area contributed by atoms with Crippen molar-refractivity contribution in [1.29, 1.82) is 0 Å². The van der Waals surface area contributed by atoms with E-state index in [-0.39, 0.29) is 24.3 Å². The molecule has 0 heterocycles. The van der Waals surface area contributed by atoms with Crippen molar-refractivity contribution < 1.29 is 23.4 Å². The van der Waals surface area contributed by atoms with Gasteiger partial charge in [0.05, 0.1) is 17.3 Å². The molecule has 16 heavy (non-hydrogen) atoms. The molecule has 6 heteroatoms. The second-order valence-electron chi connectivity index (χ2n) is 4.51. The van der Waals surface area contributed by atoms with Crippen LogP contribution in [-0.2, 0) is 14.6 Å². The first-order chi connectivity index (χ1) is 7.28. The fourth-order valence-electron chi connectivity index (χ4n) is 2.06. The van der Waals surface area contributed by atoms with Gasteiger partial charge in [-0.25, -0.2) is 8.42 Å². The molecule has 0 aliphatic heterocycles. The minimum Gasteiger partial charge on any atom is -0.481 e. The molecular weight excluding hydrogens is 232 g/mol. The maximum Gasteiger partial charge on any atom is 0.306 e. The van der Waals surface area contributed by atoms with E-state index in [1.54, 1.807) is 6.92 Å². The van der Waals surface area contributed by atoms with Gasteiger partial charge in [0.15, 0.2) is 9.84 Å². The zero-order chi connectivity index (χ0) is 12.4. The Hall–Kier alpha value is -0.620. The Morgan fingerprint density at radius 1 is 1.38 bits per heavy atom. The highest BCUT2D eigenvalue weighted by Gasteiger charge is 2.38. The van der Waals surface area contributed by atoms with Gasteiger partial charge in [0.25, 0.3) is 0 Å². The van der Waals surface area contributed by atoms with Gasteiger partial charge in [0.2, 0.25) is 0 Å². The van der Waals surface area contributed by atoms with E-state index < -0.39 is 27.3 Å². The molecule has 1 rings (SSSR count). The molecule has 0 amide bonds. The molecule has 0 unspecified atom stereocenters. The highest BCUT2D eigenvalue weighted by molar-refractivity contribution is 7.91. The van der Waals surface area contributed by atoms with Gasteiger partial charge in [0, 0.05) is 5.75 Å². The predicted molar refractivity (Wildman–Crippen MR) is 58.9 cm³/mol. The van der Waals surface area contributed by atoms with Gasteiger partial charge in [-0.1, -0.05) is 6.92 Å². The molecule has 94 valence electrons. The molecule has 5 nitrogen and oxygen atoms in total. The quantitative estimate of drug-likeness (QED) is 0.754. The average molecular weight is 250 g/mol. The van der Waals surface area contributed by atoms with Crippen LogP contribution < -0.4 is 0 Å². The van der Waals surface area contributed by atoms with Crippen molar-refractivity contribution in [3.8, 4) is 0 Å². The lowest BCUT2D eigenvalue weighted by Gasteiger charge is -2.34. The molecule has 0 bridgehead atoms. The SMILES string of the molecule is CCS(=O)(=O)CC1(O)CCC(C(=O)O)CC1. The fourth-order valence-corrected chi connectivity index (χ4v) is 3.37. The molecule has 0 aromatic carbocycles. The number of aliphatic carboxylic acids is 1. The lowest BCUT2D eigenvalue weighted by Crippen LogP contribution is -2.42. The highest BCUT2D eigenvalue weighted by Crippen LogP contribution is 2.33. The number of carbonyl (C=O) groups is 1. The van der Waals surface area contributed by atoms with E-state index in [0.717, 1.165) is 0 Å². The van der Waals surface area contributed by atoms with Gasteiger partial charge in [-0.15, -0.1) is 0 Å². The Bertz CT molecular complexity index is 351. The molecule has 0 radical (unpaired) electrons. The summed E-state index contributed by atoms with van der Waals surface area (Å²) in [6.45, 7) is 1.54. The lowest BCUT2D eigenvalue weighted by atomic mass is 9.80. The largest absolute Gasteiger partial charge is 0.481 e. The number of hydrogen-bond acceptors (Lipinski definition) is 4. The normalized spacial score (nSPS) is 31.2. The summed E-state index contributed by atoms with van der Waals surface area (Å²) in [5, 5.41) is 18.9. The summed E-state index contributed by atoms with van der Waals surface area (Å²) >= 11 is 0. The van der Waals surface area contributed by atoms with E-state index in [4.69, 9.17) is 5.11 Å². The highest BCUT2D eigenvalue weighted by atomic mass is 32.2. The summed E-state index contributed by atoms with van der Waals surface area (Å²) in [6, 6.07) is 0. The van der Waals surface area contributed by atoms with E-state index >= 15 is 0 Å². The zero-order valence-corrected chi connectivity index (χ0v) is 10.2. The van der Waals surface area contributed by atoms with Gasteiger partial charge >= 0.3 is 5.97 Å². The molecule has 0 aromatic rings. The lowest BCUT2D eigenvalue weighted by molar-refractivity contribution is -0.144. The summed E-state index contributed by atoms with van der Waals surface area (Å²) in [7, 11) is -3.21. The number of hydrogen-bond donors (Lipinski definition) is 2. The van der Waals surface area contributed by atoms with Crippen LogP contribution in [0.15, 0.2) is 0 Å². The molecule has 0 atom stereocenters. The van der Waals surface area contributed by atoms with E-state index in [9.17, 15) is 18.3 Å².